The highest BCUT2D eigenvalue weighted by atomic mass is 19.1. The van der Waals surface area contributed by atoms with Crippen molar-refractivity contribution in [1.82, 2.24) is 5.32 Å². The number of rotatable bonds is 5. The van der Waals surface area contributed by atoms with Crippen molar-refractivity contribution in [3.05, 3.63) is 34.9 Å². The van der Waals surface area contributed by atoms with Crippen molar-refractivity contribution < 1.29 is 13.6 Å². The molecule has 1 atom stereocenters. The highest BCUT2D eigenvalue weighted by molar-refractivity contribution is 5.95. The van der Waals surface area contributed by atoms with E-state index in [2.05, 4.69) is 5.32 Å². The van der Waals surface area contributed by atoms with Crippen LogP contribution in [-0.4, -0.2) is 18.5 Å². The molecule has 0 aromatic heterocycles. The SMILES string of the molecule is Cc1ccc(F)c(C(=O)NCC(N)CC(C)C)c1F. The maximum atomic E-state index is 13.7. The predicted molar refractivity (Wildman–Crippen MR) is 70.9 cm³/mol. The Balaban J connectivity index is 2.72. The fourth-order valence-corrected chi connectivity index (χ4v) is 1.87. The van der Waals surface area contributed by atoms with E-state index in [0.29, 0.717) is 5.92 Å². The topological polar surface area (TPSA) is 55.1 Å². The number of nitrogens with two attached hydrogens (primary N) is 1. The Morgan fingerprint density at radius 2 is 2.00 bits per heavy atom. The summed E-state index contributed by atoms with van der Waals surface area (Å²) in [4.78, 5) is 11.8. The maximum Gasteiger partial charge on any atom is 0.257 e. The number of benzene rings is 1. The van der Waals surface area contributed by atoms with Gasteiger partial charge in [-0.25, -0.2) is 8.78 Å². The van der Waals surface area contributed by atoms with Gasteiger partial charge < -0.3 is 11.1 Å². The van der Waals surface area contributed by atoms with E-state index in [1.54, 1.807) is 0 Å². The molecule has 19 heavy (non-hydrogen) atoms. The van der Waals surface area contributed by atoms with Crippen molar-refractivity contribution in [2.24, 2.45) is 11.7 Å². The maximum absolute atomic E-state index is 13.7. The highest BCUT2D eigenvalue weighted by Crippen LogP contribution is 2.16. The number of aryl methyl sites for hydroxylation is 1. The minimum atomic E-state index is -0.863. The fourth-order valence-electron chi connectivity index (χ4n) is 1.87. The van der Waals surface area contributed by atoms with Crippen LogP contribution in [0.2, 0.25) is 0 Å². The summed E-state index contributed by atoms with van der Waals surface area (Å²) >= 11 is 0. The quantitative estimate of drug-likeness (QED) is 0.863. The average molecular weight is 270 g/mol. The van der Waals surface area contributed by atoms with Crippen molar-refractivity contribution in [3.8, 4) is 0 Å². The second kappa shape index (κ2) is 6.61. The van der Waals surface area contributed by atoms with Gasteiger partial charge in [0.15, 0.2) is 0 Å². The van der Waals surface area contributed by atoms with Crippen LogP contribution in [0.5, 0.6) is 0 Å². The molecule has 1 unspecified atom stereocenters. The molecular weight excluding hydrogens is 250 g/mol. The summed E-state index contributed by atoms with van der Waals surface area (Å²) in [5.41, 5.74) is 5.49. The Morgan fingerprint density at radius 1 is 1.37 bits per heavy atom. The smallest absolute Gasteiger partial charge is 0.257 e. The summed E-state index contributed by atoms with van der Waals surface area (Å²) in [5, 5.41) is 2.47. The largest absolute Gasteiger partial charge is 0.350 e. The summed E-state index contributed by atoms with van der Waals surface area (Å²) in [6, 6.07) is 2.16. The molecule has 1 amide bonds. The summed E-state index contributed by atoms with van der Waals surface area (Å²) in [6.45, 7) is 5.71. The lowest BCUT2D eigenvalue weighted by Crippen LogP contribution is -2.38. The van der Waals surface area contributed by atoms with E-state index >= 15 is 0 Å². The summed E-state index contributed by atoms with van der Waals surface area (Å²) in [7, 11) is 0. The van der Waals surface area contributed by atoms with Crippen LogP contribution in [0.1, 0.15) is 36.2 Å². The van der Waals surface area contributed by atoms with Gasteiger partial charge in [-0.1, -0.05) is 19.9 Å². The number of halogens is 2. The van der Waals surface area contributed by atoms with E-state index in [-0.39, 0.29) is 18.2 Å². The van der Waals surface area contributed by atoms with Crippen molar-refractivity contribution in [2.45, 2.75) is 33.2 Å². The number of amides is 1. The number of nitrogens with one attached hydrogen (secondary N) is 1. The first kappa shape index (κ1) is 15.6. The third-order valence-electron chi connectivity index (χ3n) is 2.81. The zero-order valence-electron chi connectivity index (χ0n) is 11.5. The molecular formula is C14H20F2N2O. The number of hydrogen-bond donors (Lipinski definition) is 2. The Bertz CT molecular complexity index is 461. The lowest BCUT2D eigenvalue weighted by atomic mass is 10.0. The Kier molecular flexibility index (Phi) is 5.42. The zero-order chi connectivity index (χ0) is 14.6. The van der Waals surface area contributed by atoms with E-state index in [0.717, 1.165) is 12.5 Å². The number of hydrogen-bond acceptors (Lipinski definition) is 2. The molecule has 0 saturated carbocycles. The molecule has 0 aliphatic carbocycles. The van der Waals surface area contributed by atoms with Crippen molar-refractivity contribution >= 4 is 5.91 Å². The van der Waals surface area contributed by atoms with E-state index in [4.69, 9.17) is 5.73 Å². The van der Waals surface area contributed by atoms with Crippen LogP contribution >= 0.6 is 0 Å². The Hall–Kier alpha value is -1.49. The minimum Gasteiger partial charge on any atom is -0.350 e. The molecule has 0 heterocycles. The third kappa shape index (κ3) is 4.28. The van der Waals surface area contributed by atoms with Gasteiger partial charge in [-0.2, -0.15) is 0 Å². The van der Waals surface area contributed by atoms with Gasteiger partial charge >= 0.3 is 0 Å². The zero-order valence-corrected chi connectivity index (χ0v) is 11.5. The van der Waals surface area contributed by atoms with Gasteiger partial charge in [0, 0.05) is 12.6 Å². The van der Waals surface area contributed by atoms with Gasteiger partial charge in [-0.3, -0.25) is 4.79 Å². The molecule has 3 N–H and O–H groups in total. The van der Waals surface area contributed by atoms with Crippen molar-refractivity contribution in [3.63, 3.8) is 0 Å². The molecule has 5 heteroatoms. The fraction of sp³-hybridized carbons (Fsp3) is 0.500. The van der Waals surface area contributed by atoms with E-state index in [1.807, 2.05) is 13.8 Å². The summed E-state index contributed by atoms with van der Waals surface area (Å²) in [5.74, 6) is -2.05. The first-order valence-electron chi connectivity index (χ1n) is 6.31. The first-order chi connectivity index (χ1) is 8.82. The predicted octanol–water partition coefficient (Wildman–Crippen LogP) is 2.38. The van der Waals surface area contributed by atoms with Crippen LogP contribution in [0, 0.1) is 24.5 Å². The molecule has 1 aromatic rings. The summed E-state index contributed by atoms with van der Waals surface area (Å²) in [6.07, 6.45) is 0.735. The van der Waals surface area contributed by atoms with Crippen LogP contribution in [0.3, 0.4) is 0 Å². The second-order valence-corrected chi connectivity index (χ2v) is 5.15. The molecule has 0 fully saturated rings. The van der Waals surface area contributed by atoms with Crippen LogP contribution in [0.15, 0.2) is 12.1 Å². The Labute approximate surface area is 112 Å². The summed E-state index contributed by atoms with van der Waals surface area (Å²) < 4.78 is 27.2. The Morgan fingerprint density at radius 3 is 2.58 bits per heavy atom. The highest BCUT2D eigenvalue weighted by Gasteiger charge is 2.19. The van der Waals surface area contributed by atoms with Crippen LogP contribution in [0.25, 0.3) is 0 Å². The third-order valence-corrected chi connectivity index (χ3v) is 2.81. The molecule has 106 valence electrons. The van der Waals surface area contributed by atoms with Gasteiger partial charge in [0.2, 0.25) is 0 Å². The molecule has 3 nitrogen and oxygen atoms in total. The minimum absolute atomic E-state index is 0.198. The molecule has 0 aliphatic heterocycles. The lowest BCUT2D eigenvalue weighted by molar-refractivity contribution is 0.0941. The molecule has 1 rings (SSSR count). The van der Waals surface area contributed by atoms with E-state index in [9.17, 15) is 13.6 Å². The molecule has 0 bridgehead atoms. The molecule has 1 aromatic carbocycles. The van der Waals surface area contributed by atoms with Gasteiger partial charge in [-0.15, -0.1) is 0 Å². The molecule has 0 spiro atoms. The lowest BCUT2D eigenvalue weighted by Gasteiger charge is -2.15. The van der Waals surface area contributed by atoms with Crippen LogP contribution in [-0.2, 0) is 0 Å². The monoisotopic (exact) mass is 270 g/mol. The number of carbonyl (C=O) groups is 1. The standard InChI is InChI=1S/C14H20F2N2O/c1-8(2)6-10(17)7-18-14(19)12-11(15)5-4-9(3)13(12)16/h4-5,8,10H,6-7,17H2,1-3H3,(H,18,19). The second-order valence-electron chi connectivity index (χ2n) is 5.15. The first-order valence-corrected chi connectivity index (χ1v) is 6.31. The molecule has 0 saturated heterocycles. The van der Waals surface area contributed by atoms with Gasteiger partial charge in [-0.05, 0) is 30.9 Å². The van der Waals surface area contributed by atoms with Gasteiger partial charge in [0.1, 0.15) is 17.2 Å². The average Bonchev–Trinajstić information content (AvgIpc) is 2.31. The van der Waals surface area contributed by atoms with Gasteiger partial charge in [0.05, 0.1) is 0 Å². The molecule has 0 radical (unpaired) electrons. The van der Waals surface area contributed by atoms with Crippen LogP contribution < -0.4 is 11.1 Å². The van der Waals surface area contributed by atoms with Gasteiger partial charge in [0.25, 0.3) is 5.91 Å². The van der Waals surface area contributed by atoms with E-state index < -0.39 is 23.1 Å². The van der Waals surface area contributed by atoms with Crippen molar-refractivity contribution in [1.29, 1.82) is 0 Å². The van der Waals surface area contributed by atoms with E-state index in [1.165, 1.54) is 13.0 Å². The van der Waals surface area contributed by atoms with Crippen LogP contribution in [0.4, 0.5) is 8.78 Å². The molecule has 0 aliphatic rings. The number of carbonyl (C=O) groups excluding carboxylic acids is 1. The van der Waals surface area contributed by atoms with Crippen molar-refractivity contribution in [2.75, 3.05) is 6.54 Å². The normalized spacial score (nSPS) is 12.6.